The average Bonchev–Trinajstić information content (AvgIpc) is 3.12. The fourth-order valence-corrected chi connectivity index (χ4v) is 4.37. The molecule has 10 heteroatoms. The summed E-state index contributed by atoms with van der Waals surface area (Å²) in [6, 6.07) is 6.53. The molecule has 156 valence electrons. The van der Waals surface area contributed by atoms with Crippen LogP contribution in [-0.2, 0) is 6.54 Å². The van der Waals surface area contributed by atoms with Crippen molar-refractivity contribution in [1.82, 2.24) is 9.80 Å². The molecule has 1 saturated heterocycles. The molecule has 2 heterocycles. The summed E-state index contributed by atoms with van der Waals surface area (Å²) in [5, 5.41) is 11.5. The number of carbonyl (C=O) groups excluding carboxylic acids is 1. The van der Waals surface area contributed by atoms with Gasteiger partial charge in [0.05, 0.1) is 29.0 Å². The van der Waals surface area contributed by atoms with Crippen LogP contribution in [0.4, 0.5) is 5.69 Å². The van der Waals surface area contributed by atoms with Crippen molar-refractivity contribution in [3.63, 3.8) is 0 Å². The number of thiophene rings is 1. The molecule has 8 nitrogen and oxygen atoms in total. The lowest BCUT2D eigenvalue weighted by Gasteiger charge is -2.34. The number of hydrogen-bond acceptors (Lipinski definition) is 7. The number of nitro groups is 1. The number of rotatable bonds is 7. The molecule has 1 fully saturated rings. The molecular weight excluding hydrogens is 418 g/mol. The molecule has 0 N–H and O–H groups in total. The topological polar surface area (TPSA) is 85.2 Å². The first-order chi connectivity index (χ1) is 13.9. The zero-order valence-corrected chi connectivity index (χ0v) is 17.8. The third-order valence-corrected chi connectivity index (χ3v) is 5.89. The van der Waals surface area contributed by atoms with Gasteiger partial charge < -0.3 is 14.4 Å². The minimum absolute atomic E-state index is 0.0118. The molecule has 0 atom stereocenters. The van der Waals surface area contributed by atoms with E-state index in [0.29, 0.717) is 38.5 Å². The van der Waals surface area contributed by atoms with Gasteiger partial charge in [0.25, 0.3) is 11.6 Å². The van der Waals surface area contributed by atoms with E-state index >= 15 is 0 Å². The maximum Gasteiger partial charge on any atom is 0.286 e. The Balaban J connectivity index is 1.74. The zero-order chi connectivity index (χ0) is 21.0. The van der Waals surface area contributed by atoms with Gasteiger partial charge >= 0.3 is 0 Å². The number of carbonyl (C=O) groups is 1. The van der Waals surface area contributed by atoms with E-state index in [1.54, 1.807) is 23.2 Å². The van der Waals surface area contributed by atoms with Crippen molar-refractivity contribution in [3.05, 3.63) is 49.2 Å². The number of halogens is 1. The molecule has 2 aromatic rings. The Labute approximate surface area is 177 Å². The van der Waals surface area contributed by atoms with Gasteiger partial charge in [-0.3, -0.25) is 19.8 Å². The van der Waals surface area contributed by atoms with Crippen LogP contribution < -0.4 is 9.47 Å². The number of amides is 1. The summed E-state index contributed by atoms with van der Waals surface area (Å²) < 4.78 is 11.4. The first-order valence-electron chi connectivity index (χ1n) is 9.18. The molecule has 1 aliphatic rings. The van der Waals surface area contributed by atoms with Gasteiger partial charge in [0.1, 0.15) is 5.56 Å². The summed E-state index contributed by atoms with van der Waals surface area (Å²) in [5.74, 6) is 0.172. The number of hydrogen-bond donors (Lipinski definition) is 0. The second kappa shape index (κ2) is 9.43. The molecule has 0 spiro atoms. The summed E-state index contributed by atoms with van der Waals surface area (Å²) in [6.07, 6.45) is 0. The molecule has 1 amide bonds. The van der Waals surface area contributed by atoms with Gasteiger partial charge in [-0.05, 0) is 19.1 Å². The van der Waals surface area contributed by atoms with E-state index in [1.165, 1.54) is 24.1 Å². The maximum atomic E-state index is 13.0. The van der Waals surface area contributed by atoms with Crippen molar-refractivity contribution in [1.29, 1.82) is 0 Å². The van der Waals surface area contributed by atoms with Crippen molar-refractivity contribution in [3.8, 4) is 11.5 Å². The zero-order valence-electron chi connectivity index (χ0n) is 16.2. The van der Waals surface area contributed by atoms with Crippen LogP contribution in [0, 0.1) is 10.1 Å². The third-order valence-electron chi connectivity index (χ3n) is 4.68. The quantitative estimate of drug-likeness (QED) is 0.483. The summed E-state index contributed by atoms with van der Waals surface area (Å²) in [5.41, 5.74) is -0.274. The third kappa shape index (κ3) is 4.98. The fourth-order valence-electron chi connectivity index (χ4n) is 3.24. The lowest BCUT2D eigenvalue weighted by molar-refractivity contribution is -0.385. The number of nitrogens with zero attached hydrogens (tertiary/aromatic N) is 3. The normalized spacial score (nSPS) is 14.7. The minimum Gasteiger partial charge on any atom is -0.493 e. The van der Waals surface area contributed by atoms with Crippen LogP contribution >= 0.6 is 22.9 Å². The standard InChI is InChI=1S/C19H22ClN3O5S/c1-3-28-17-10-14(15(23(25)26)11-16(17)27-2)19(24)22-8-6-21(7-9-22)12-13-4-5-18(20)29-13/h4-5,10-11H,3,6-9,12H2,1-2H3. The fraction of sp³-hybridized carbons (Fsp3) is 0.421. The Morgan fingerprint density at radius 1 is 1.24 bits per heavy atom. The summed E-state index contributed by atoms with van der Waals surface area (Å²) in [7, 11) is 1.41. The van der Waals surface area contributed by atoms with E-state index in [-0.39, 0.29) is 22.9 Å². The molecule has 0 unspecified atom stereocenters. The van der Waals surface area contributed by atoms with Gasteiger partial charge in [-0.2, -0.15) is 0 Å². The Hall–Kier alpha value is -2.36. The lowest BCUT2D eigenvalue weighted by Crippen LogP contribution is -2.48. The number of methoxy groups -OCH3 is 1. The molecule has 3 rings (SSSR count). The molecule has 29 heavy (non-hydrogen) atoms. The Morgan fingerprint density at radius 2 is 1.97 bits per heavy atom. The number of benzene rings is 1. The summed E-state index contributed by atoms with van der Waals surface area (Å²) in [4.78, 5) is 29.0. The van der Waals surface area contributed by atoms with Crippen LogP contribution in [0.2, 0.25) is 4.34 Å². The lowest BCUT2D eigenvalue weighted by atomic mass is 10.1. The van der Waals surface area contributed by atoms with Gasteiger partial charge in [0.2, 0.25) is 0 Å². The van der Waals surface area contributed by atoms with E-state index in [1.807, 2.05) is 12.1 Å². The van der Waals surface area contributed by atoms with Gasteiger partial charge in [-0.1, -0.05) is 11.6 Å². The van der Waals surface area contributed by atoms with E-state index in [9.17, 15) is 14.9 Å². The molecule has 0 aliphatic carbocycles. The summed E-state index contributed by atoms with van der Waals surface area (Å²) >= 11 is 7.52. The van der Waals surface area contributed by atoms with E-state index < -0.39 is 4.92 Å². The number of piperazine rings is 1. The first kappa shape index (κ1) is 21.4. The predicted molar refractivity (Wildman–Crippen MR) is 111 cm³/mol. The Kier molecular flexibility index (Phi) is 6.94. The molecular formula is C19H22ClN3O5S. The molecule has 0 bridgehead atoms. The van der Waals surface area contributed by atoms with Gasteiger partial charge in [-0.25, -0.2) is 0 Å². The number of nitro benzene ring substituents is 1. The molecule has 1 aliphatic heterocycles. The molecule has 1 aromatic carbocycles. The monoisotopic (exact) mass is 439 g/mol. The highest BCUT2D eigenvalue weighted by atomic mass is 35.5. The Morgan fingerprint density at radius 3 is 2.52 bits per heavy atom. The van der Waals surface area contributed by atoms with Gasteiger partial charge in [0.15, 0.2) is 11.5 Å². The molecule has 0 radical (unpaired) electrons. The maximum absolute atomic E-state index is 13.0. The van der Waals surface area contributed by atoms with Crippen molar-refractivity contribution < 1.29 is 19.2 Å². The van der Waals surface area contributed by atoms with E-state index in [4.69, 9.17) is 21.1 Å². The van der Waals surface area contributed by atoms with Crippen molar-refractivity contribution in [2.45, 2.75) is 13.5 Å². The molecule has 0 saturated carbocycles. The first-order valence-corrected chi connectivity index (χ1v) is 10.4. The highest BCUT2D eigenvalue weighted by molar-refractivity contribution is 7.16. The van der Waals surface area contributed by atoms with Gasteiger partial charge in [-0.15, -0.1) is 11.3 Å². The van der Waals surface area contributed by atoms with Crippen LogP contribution in [0.25, 0.3) is 0 Å². The van der Waals surface area contributed by atoms with Crippen LogP contribution in [0.5, 0.6) is 11.5 Å². The van der Waals surface area contributed by atoms with Crippen molar-refractivity contribution in [2.24, 2.45) is 0 Å². The average molecular weight is 440 g/mol. The molecule has 1 aromatic heterocycles. The van der Waals surface area contributed by atoms with E-state index in [0.717, 1.165) is 10.9 Å². The Bertz CT molecular complexity index is 896. The highest BCUT2D eigenvalue weighted by Gasteiger charge is 2.30. The van der Waals surface area contributed by atoms with Crippen LogP contribution in [-0.4, -0.2) is 60.5 Å². The van der Waals surface area contributed by atoms with Crippen LogP contribution in [0.3, 0.4) is 0 Å². The smallest absolute Gasteiger partial charge is 0.286 e. The largest absolute Gasteiger partial charge is 0.493 e. The van der Waals surface area contributed by atoms with Crippen LogP contribution in [0.1, 0.15) is 22.2 Å². The predicted octanol–water partition coefficient (Wildman–Crippen LogP) is 3.68. The number of ether oxygens (including phenoxy) is 2. The SMILES string of the molecule is CCOc1cc(C(=O)N2CCN(Cc3ccc(Cl)s3)CC2)c([N+](=O)[O-])cc1OC. The highest BCUT2D eigenvalue weighted by Crippen LogP contribution is 2.35. The van der Waals surface area contributed by atoms with E-state index in [2.05, 4.69) is 4.90 Å². The van der Waals surface area contributed by atoms with Crippen molar-refractivity contribution >= 4 is 34.5 Å². The second-order valence-corrected chi connectivity index (χ2v) is 8.28. The van der Waals surface area contributed by atoms with Crippen molar-refractivity contribution in [2.75, 3.05) is 39.9 Å². The minimum atomic E-state index is -0.567. The van der Waals surface area contributed by atoms with Crippen LogP contribution in [0.15, 0.2) is 24.3 Å². The second-order valence-electron chi connectivity index (χ2n) is 6.48. The van der Waals surface area contributed by atoms with Gasteiger partial charge in [0, 0.05) is 43.7 Å². The summed E-state index contributed by atoms with van der Waals surface area (Å²) in [6.45, 7) is 5.27.